The molecule has 1 aromatic rings. The molecule has 5 heteroatoms. The minimum atomic E-state index is -2.99. The summed E-state index contributed by atoms with van der Waals surface area (Å²) in [5, 5.41) is 2.91. The van der Waals surface area contributed by atoms with Crippen LogP contribution < -0.4 is 11.1 Å². The number of anilines is 2. The van der Waals surface area contributed by atoms with Gasteiger partial charge in [-0.15, -0.1) is 0 Å². The van der Waals surface area contributed by atoms with Crippen LogP contribution in [0.1, 0.15) is 5.56 Å². The Bertz CT molecular complexity index is 426. The largest absolute Gasteiger partial charge is 0.397 e. The minimum absolute atomic E-state index is 0.0290. The Labute approximate surface area is 84.0 Å². The molecule has 0 aliphatic heterocycles. The van der Waals surface area contributed by atoms with E-state index in [9.17, 15) is 8.42 Å². The van der Waals surface area contributed by atoms with Crippen LogP contribution >= 0.6 is 0 Å². The van der Waals surface area contributed by atoms with E-state index in [0.717, 1.165) is 5.69 Å². The highest BCUT2D eigenvalue weighted by molar-refractivity contribution is 7.89. The van der Waals surface area contributed by atoms with Gasteiger partial charge in [0, 0.05) is 13.3 Å². The highest BCUT2D eigenvalue weighted by Gasteiger charge is 2.05. The predicted octanol–water partition coefficient (Wildman–Crippen LogP) is 0.855. The number of sulfone groups is 1. The van der Waals surface area contributed by atoms with Crippen molar-refractivity contribution in [3.63, 3.8) is 0 Å². The molecule has 1 aromatic carbocycles. The van der Waals surface area contributed by atoms with Crippen LogP contribution in [0, 0.1) is 0 Å². The SMILES string of the molecule is CNc1ccc(CS(C)(=O)=O)cc1N. The molecule has 1 rings (SSSR count). The summed E-state index contributed by atoms with van der Waals surface area (Å²) in [5.74, 6) is 0.0290. The fourth-order valence-corrected chi connectivity index (χ4v) is 2.02. The van der Waals surface area contributed by atoms with E-state index in [1.807, 2.05) is 0 Å². The zero-order chi connectivity index (χ0) is 10.8. The highest BCUT2D eigenvalue weighted by Crippen LogP contribution is 2.20. The predicted molar refractivity (Wildman–Crippen MR) is 58.9 cm³/mol. The Morgan fingerprint density at radius 1 is 1.43 bits per heavy atom. The topological polar surface area (TPSA) is 72.2 Å². The minimum Gasteiger partial charge on any atom is -0.397 e. The lowest BCUT2D eigenvalue weighted by atomic mass is 10.2. The monoisotopic (exact) mass is 214 g/mol. The number of benzene rings is 1. The molecule has 0 amide bonds. The Morgan fingerprint density at radius 2 is 2.07 bits per heavy atom. The van der Waals surface area contributed by atoms with Gasteiger partial charge in [-0.1, -0.05) is 6.07 Å². The maximum absolute atomic E-state index is 11.0. The molecule has 0 saturated heterocycles. The third-order valence-electron chi connectivity index (χ3n) is 1.81. The molecule has 0 unspecified atom stereocenters. The number of nitrogen functional groups attached to an aromatic ring is 1. The number of hydrogen-bond acceptors (Lipinski definition) is 4. The van der Waals surface area contributed by atoms with Crippen molar-refractivity contribution in [1.29, 1.82) is 0 Å². The lowest BCUT2D eigenvalue weighted by molar-refractivity contribution is 0.601. The van der Waals surface area contributed by atoms with E-state index in [1.165, 1.54) is 6.26 Å². The fourth-order valence-electron chi connectivity index (χ4n) is 1.23. The van der Waals surface area contributed by atoms with Crippen molar-refractivity contribution >= 4 is 21.2 Å². The lowest BCUT2D eigenvalue weighted by Crippen LogP contribution is -2.02. The van der Waals surface area contributed by atoms with Crippen LogP contribution in [0.15, 0.2) is 18.2 Å². The zero-order valence-corrected chi connectivity index (χ0v) is 9.06. The van der Waals surface area contributed by atoms with Gasteiger partial charge in [0.1, 0.15) is 0 Å². The molecule has 14 heavy (non-hydrogen) atoms. The first-order valence-corrected chi connectivity index (χ1v) is 6.22. The molecule has 0 aliphatic carbocycles. The van der Waals surface area contributed by atoms with Crippen molar-refractivity contribution in [2.45, 2.75) is 5.75 Å². The second-order valence-corrected chi connectivity index (χ2v) is 5.38. The summed E-state index contributed by atoms with van der Waals surface area (Å²) >= 11 is 0. The Balaban J connectivity index is 2.98. The summed E-state index contributed by atoms with van der Waals surface area (Å²) in [6, 6.07) is 5.20. The molecule has 78 valence electrons. The molecule has 0 radical (unpaired) electrons. The number of nitrogens with two attached hydrogens (primary N) is 1. The smallest absolute Gasteiger partial charge is 0.151 e. The van der Waals surface area contributed by atoms with E-state index in [-0.39, 0.29) is 5.75 Å². The van der Waals surface area contributed by atoms with Gasteiger partial charge in [-0.2, -0.15) is 0 Å². The van der Waals surface area contributed by atoms with Gasteiger partial charge >= 0.3 is 0 Å². The van der Waals surface area contributed by atoms with E-state index >= 15 is 0 Å². The summed E-state index contributed by atoms with van der Waals surface area (Å²) in [6.45, 7) is 0. The summed E-state index contributed by atoms with van der Waals surface area (Å²) in [5.41, 5.74) is 7.78. The Hall–Kier alpha value is -1.23. The van der Waals surface area contributed by atoms with Gasteiger partial charge < -0.3 is 11.1 Å². The van der Waals surface area contributed by atoms with Gasteiger partial charge in [-0.05, 0) is 17.7 Å². The van der Waals surface area contributed by atoms with Crippen LogP contribution in [0.4, 0.5) is 11.4 Å². The molecule has 4 nitrogen and oxygen atoms in total. The van der Waals surface area contributed by atoms with Crippen LogP contribution in [0.2, 0.25) is 0 Å². The molecular weight excluding hydrogens is 200 g/mol. The highest BCUT2D eigenvalue weighted by atomic mass is 32.2. The maximum Gasteiger partial charge on any atom is 0.151 e. The lowest BCUT2D eigenvalue weighted by Gasteiger charge is -2.06. The van der Waals surface area contributed by atoms with E-state index in [1.54, 1.807) is 25.2 Å². The van der Waals surface area contributed by atoms with Gasteiger partial charge in [0.15, 0.2) is 9.84 Å². The van der Waals surface area contributed by atoms with Gasteiger partial charge in [0.2, 0.25) is 0 Å². The standard InChI is InChI=1S/C9H14N2O2S/c1-11-9-4-3-7(5-8(9)10)6-14(2,12)13/h3-5,11H,6,10H2,1-2H3. The van der Waals surface area contributed by atoms with Crippen LogP contribution in [-0.2, 0) is 15.6 Å². The summed E-state index contributed by atoms with van der Waals surface area (Å²) in [7, 11) is -1.22. The first kappa shape index (κ1) is 10.8. The van der Waals surface area contributed by atoms with Crippen molar-refractivity contribution in [2.75, 3.05) is 24.4 Å². The molecule has 0 heterocycles. The van der Waals surface area contributed by atoms with Crippen molar-refractivity contribution in [3.05, 3.63) is 23.8 Å². The van der Waals surface area contributed by atoms with E-state index in [2.05, 4.69) is 5.32 Å². The van der Waals surface area contributed by atoms with Gasteiger partial charge in [-0.3, -0.25) is 0 Å². The first-order valence-electron chi connectivity index (χ1n) is 4.16. The van der Waals surface area contributed by atoms with Crippen molar-refractivity contribution in [3.8, 4) is 0 Å². The Kier molecular flexibility index (Phi) is 3.00. The molecule has 0 atom stereocenters. The normalized spacial score (nSPS) is 11.3. The zero-order valence-electron chi connectivity index (χ0n) is 8.24. The molecule has 0 spiro atoms. The van der Waals surface area contributed by atoms with Gasteiger partial charge in [0.25, 0.3) is 0 Å². The molecule has 0 saturated carbocycles. The van der Waals surface area contributed by atoms with Crippen molar-refractivity contribution < 1.29 is 8.42 Å². The quantitative estimate of drug-likeness (QED) is 0.732. The molecule has 3 N–H and O–H groups in total. The maximum atomic E-state index is 11.0. The molecular formula is C9H14N2O2S. The van der Waals surface area contributed by atoms with Gasteiger partial charge in [-0.25, -0.2) is 8.42 Å². The third kappa shape index (κ3) is 2.92. The second kappa shape index (κ2) is 3.88. The summed E-state index contributed by atoms with van der Waals surface area (Å²) < 4.78 is 22.0. The molecule has 0 fully saturated rings. The van der Waals surface area contributed by atoms with E-state index in [4.69, 9.17) is 5.73 Å². The van der Waals surface area contributed by atoms with Crippen LogP contribution in [0.3, 0.4) is 0 Å². The van der Waals surface area contributed by atoms with Gasteiger partial charge in [0.05, 0.1) is 17.1 Å². The number of nitrogens with one attached hydrogen (secondary N) is 1. The molecule has 0 aliphatic rings. The van der Waals surface area contributed by atoms with Crippen molar-refractivity contribution in [2.24, 2.45) is 0 Å². The second-order valence-electron chi connectivity index (χ2n) is 3.24. The average Bonchev–Trinajstić information content (AvgIpc) is 2.01. The fraction of sp³-hybridized carbons (Fsp3) is 0.333. The van der Waals surface area contributed by atoms with Crippen LogP contribution in [-0.4, -0.2) is 21.7 Å². The van der Waals surface area contributed by atoms with Crippen LogP contribution in [0.5, 0.6) is 0 Å². The number of rotatable bonds is 3. The molecule has 0 bridgehead atoms. The number of hydrogen-bond donors (Lipinski definition) is 2. The average molecular weight is 214 g/mol. The van der Waals surface area contributed by atoms with Crippen LogP contribution in [0.25, 0.3) is 0 Å². The summed E-state index contributed by atoms with van der Waals surface area (Å²) in [6.07, 6.45) is 1.20. The molecule has 0 aromatic heterocycles. The third-order valence-corrected chi connectivity index (χ3v) is 2.67. The van der Waals surface area contributed by atoms with E-state index < -0.39 is 9.84 Å². The Morgan fingerprint density at radius 3 is 2.50 bits per heavy atom. The van der Waals surface area contributed by atoms with E-state index in [0.29, 0.717) is 11.3 Å². The first-order chi connectivity index (χ1) is 6.42. The van der Waals surface area contributed by atoms with Crippen molar-refractivity contribution in [1.82, 2.24) is 0 Å². The summed E-state index contributed by atoms with van der Waals surface area (Å²) in [4.78, 5) is 0.